The van der Waals surface area contributed by atoms with E-state index >= 15 is 0 Å². The number of ketones is 1. The minimum Gasteiger partial charge on any atom is -0.380 e. The highest BCUT2D eigenvalue weighted by Crippen LogP contribution is 2.06. The lowest BCUT2D eigenvalue weighted by Gasteiger charge is -2.08. The van der Waals surface area contributed by atoms with Gasteiger partial charge in [-0.05, 0) is 30.6 Å². The Hall–Kier alpha value is 0.600. The van der Waals surface area contributed by atoms with Gasteiger partial charge < -0.3 is 9.47 Å². The molecule has 1 unspecified atom stereocenters. The fraction of sp³-hybridized carbons (Fsp3) is 0.900. The van der Waals surface area contributed by atoms with Gasteiger partial charge >= 0.3 is 0 Å². The molecule has 0 aromatic heterocycles. The van der Waals surface area contributed by atoms with Crippen molar-refractivity contribution < 1.29 is 14.3 Å². The molecular weight excluding hydrogens is 278 g/mol. The van der Waals surface area contributed by atoms with Gasteiger partial charge in [0, 0.05) is 19.8 Å². The van der Waals surface area contributed by atoms with Crippen LogP contribution in [-0.2, 0) is 14.3 Å². The van der Waals surface area contributed by atoms with Crippen LogP contribution in [0.2, 0.25) is 0 Å². The number of nitrogens with one attached hydrogen (secondary N) is 1. The monoisotopic (exact) mass is 299 g/mol. The van der Waals surface area contributed by atoms with Gasteiger partial charge in [0.2, 0.25) is 0 Å². The molecule has 0 bridgehead atoms. The maximum atomic E-state index is 11.4. The molecule has 102 valence electrons. The third-order valence-corrected chi connectivity index (χ3v) is 3.73. The number of carbonyl (C=O) groups excluding carboxylic acids is 1. The third kappa shape index (κ3) is 11.4. The predicted molar refractivity (Wildman–Crippen MR) is 78.8 cm³/mol. The molecule has 0 amide bonds. The molecule has 0 aliphatic heterocycles. The van der Waals surface area contributed by atoms with E-state index in [-0.39, 0.29) is 17.6 Å². The van der Waals surface area contributed by atoms with Crippen LogP contribution in [0.5, 0.6) is 0 Å². The average Bonchev–Trinajstić information content (AvgIpc) is 2.35. The lowest BCUT2D eigenvalue weighted by Crippen LogP contribution is -2.20. The zero-order valence-electron chi connectivity index (χ0n) is 10.3. The van der Waals surface area contributed by atoms with Crippen molar-refractivity contribution >= 4 is 40.2 Å². The number of thioether (sulfide) groups is 1. The van der Waals surface area contributed by atoms with Crippen molar-refractivity contribution in [2.45, 2.75) is 18.6 Å². The topological polar surface area (TPSA) is 47.6 Å². The predicted octanol–water partition coefficient (Wildman–Crippen LogP) is 1.81. The Morgan fingerprint density at radius 3 is 2.71 bits per heavy atom. The Kier molecular flexibility index (Phi) is 13.5. The van der Waals surface area contributed by atoms with Gasteiger partial charge in [0.15, 0.2) is 5.78 Å². The maximum absolute atomic E-state index is 11.4. The highest BCUT2D eigenvalue weighted by Gasteiger charge is 2.10. The van der Waals surface area contributed by atoms with E-state index in [4.69, 9.17) is 9.47 Å². The molecule has 4 nitrogen and oxygen atoms in total. The lowest BCUT2D eigenvalue weighted by molar-refractivity contribution is -0.122. The third-order valence-electron chi connectivity index (χ3n) is 2.04. The summed E-state index contributed by atoms with van der Waals surface area (Å²) in [6.45, 7) is 4.77. The molecular formula is C10H21NO3S3. The SMILES string of the molecule is CSC(C)C(=O)COCCCOCCNSS. The minimum atomic E-state index is 0.0241. The van der Waals surface area contributed by atoms with Gasteiger partial charge in [-0.15, -0.1) is 0 Å². The van der Waals surface area contributed by atoms with Gasteiger partial charge in [-0.3, -0.25) is 9.52 Å². The number of carbonyl (C=O) groups is 1. The summed E-state index contributed by atoms with van der Waals surface area (Å²) in [5.74, 6) is 0.147. The first-order valence-electron chi connectivity index (χ1n) is 5.46. The summed E-state index contributed by atoms with van der Waals surface area (Å²) in [7, 11) is 1.28. The summed E-state index contributed by atoms with van der Waals surface area (Å²) in [5, 5.41) is 0.0241. The molecule has 1 atom stereocenters. The summed E-state index contributed by atoms with van der Waals surface area (Å²) in [4.78, 5) is 11.4. The van der Waals surface area contributed by atoms with E-state index in [1.807, 2.05) is 13.2 Å². The molecule has 0 aliphatic carbocycles. The normalized spacial score (nSPS) is 12.6. The molecule has 0 saturated heterocycles. The van der Waals surface area contributed by atoms with E-state index in [9.17, 15) is 4.79 Å². The number of hydrogen-bond acceptors (Lipinski definition) is 7. The standard InChI is InChI=1S/C10H21NO3S3/c1-9(16-2)10(12)8-14-6-3-5-13-7-4-11-17-15/h9,11,15H,3-8H2,1-2H3. The Morgan fingerprint density at radius 1 is 1.35 bits per heavy atom. The number of rotatable bonds is 12. The van der Waals surface area contributed by atoms with Crippen molar-refractivity contribution in [1.29, 1.82) is 0 Å². The van der Waals surface area contributed by atoms with Crippen molar-refractivity contribution in [2.75, 3.05) is 39.2 Å². The molecule has 0 aromatic rings. The molecule has 0 fully saturated rings. The molecule has 0 radical (unpaired) electrons. The largest absolute Gasteiger partial charge is 0.380 e. The summed E-state index contributed by atoms with van der Waals surface area (Å²) >= 11 is 5.47. The van der Waals surface area contributed by atoms with Gasteiger partial charge in [-0.25, -0.2) is 0 Å². The number of hydrogen-bond donors (Lipinski definition) is 2. The Labute approximate surface area is 117 Å². The zero-order valence-corrected chi connectivity index (χ0v) is 12.8. The molecule has 1 N–H and O–H groups in total. The maximum Gasteiger partial charge on any atom is 0.171 e. The first-order valence-corrected chi connectivity index (χ1v) is 8.62. The minimum absolute atomic E-state index is 0.0241. The summed E-state index contributed by atoms with van der Waals surface area (Å²) in [5.41, 5.74) is 0. The highest BCUT2D eigenvalue weighted by atomic mass is 33.1. The molecule has 17 heavy (non-hydrogen) atoms. The summed E-state index contributed by atoms with van der Waals surface area (Å²) in [6.07, 6.45) is 2.74. The fourth-order valence-electron chi connectivity index (χ4n) is 0.946. The van der Waals surface area contributed by atoms with E-state index in [0.717, 1.165) is 13.0 Å². The van der Waals surface area contributed by atoms with E-state index in [0.29, 0.717) is 19.8 Å². The van der Waals surface area contributed by atoms with Crippen LogP contribution in [0.3, 0.4) is 0 Å². The molecule has 0 heterocycles. The lowest BCUT2D eigenvalue weighted by atomic mass is 10.3. The van der Waals surface area contributed by atoms with Crippen LogP contribution in [-0.4, -0.2) is 50.3 Å². The van der Waals surface area contributed by atoms with Gasteiger partial charge in [0.1, 0.15) is 6.61 Å². The zero-order chi connectivity index (χ0) is 12.9. The van der Waals surface area contributed by atoms with Gasteiger partial charge in [-0.2, -0.15) is 11.8 Å². The summed E-state index contributed by atoms with van der Waals surface area (Å²) < 4.78 is 13.6. The quantitative estimate of drug-likeness (QED) is 0.248. The first-order chi connectivity index (χ1) is 8.22. The van der Waals surface area contributed by atoms with Gasteiger partial charge in [-0.1, -0.05) is 11.7 Å². The van der Waals surface area contributed by atoms with Gasteiger partial charge in [0.05, 0.1) is 11.9 Å². The average molecular weight is 299 g/mol. The molecule has 0 spiro atoms. The number of Topliss-reactive ketones (excluding diaryl/α,β-unsaturated/α-hetero) is 1. The van der Waals surface area contributed by atoms with Crippen molar-refractivity contribution in [1.82, 2.24) is 4.72 Å². The Bertz CT molecular complexity index is 196. The second-order valence-electron chi connectivity index (χ2n) is 3.35. The first kappa shape index (κ1) is 17.6. The van der Waals surface area contributed by atoms with Crippen molar-refractivity contribution in [2.24, 2.45) is 0 Å². The number of ether oxygens (including phenoxy) is 2. The van der Waals surface area contributed by atoms with Crippen molar-refractivity contribution in [3.8, 4) is 0 Å². The molecule has 0 saturated carbocycles. The van der Waals surface area contributed by atoms with Crippen LogP contribution in [0.15, 0.2) is 0 Å². The van der Waals surface area contributed by atoms with E-state index in [1.54, 1.807) is 11.8 Å². The second kappa shape index (κ2) is 13.0. The Morgan fingerprint density at radius 2 is 2.06 bits per heavy atom. The molecule has 7 heteroatoms. The van der Waals surface area contributed by atoms with Crippen LogP contribution in [0.1, 0.15) is 13.3 Å². The molecule has 0 aromatic carbocycles. The number of thiol groups is 1. The smallest absolute Gasteiger partial charge is 0.171 e. The summed E-state index contributed by atoms with van der Waals surface area (Å²) in [6, 6.07) is 0. The second-order valence-corrected chi connectivity index (χ2v) is 5.55. The van der Waals surface area contributed by atoms with Crippen LogP contribution < -0.4 is 4.72 Å². The van der Waals surface area contributed by atoms with Crippen molar-refractivity contribution in [3.05, 3.63) is 0 Å². The van der Waals surface area contributed by atoms with Crippen molar-refractivity contribution in [3.63, 3.8) is 0 Å². The van der Waals surface area contributed by atoms with E-state index in [2.05, 4.69) is 16.4 Å². The van der Waals surface area contributed by atoms with Gasteiger partial charge in [0.25, 0.3) is 0 Å². The van der Waals surface area contributed by atoms with E-state index < -0.39 is 0 Å². The van der Waals surface area contributed by atoms with Crippen LogP contribution >= 0.6 is 34.4 Å². The van der Waals surface area contributed by atoms with Crippen LogP contribution in [0.25, 0.3) is 0 Å². The molecule has 0 aliphatic rings. The fourth-order valence-corrected chi connectivity index (χ4v) is 1.73. The van der Waals surface area contributed by atoms with Crippen LogP contribution in [0.4, 0.5) is 0 Å². The van der Waals surface area contributed by atoms with E-state index in [1.165, 1.54) is 11.0 Å². The Balaban J connectivity index is 3.16. The van der Waals surface area contributed by atoms with Crippen LogP contribution in [0, 0.1) is 0 Å². The molecule has 0 rings (SSSR count). The highest BCUT2D eigenvalue weighted by molar-refractivity contribution is 8.67.